The van der Waals surface area contributed by atoms with Crippen LogP contribution < -0.4 is 5.32 Å². The zero-order chi connectivity index (χ0) is 48.3. The van der Waals surface area contributed by atoms with Crippen molar-refractivity contribution in [2.45, 2.75) is 205 Å². The molecule has 22 atom stereocenters. The summed E-state index contributed by atoms with van der Waals surface area (Å²) in [6, 6.07) is -1.17. The summed E-state index contributed by atoms with van der Waals surface area (Å²) in [4.78, 5) is 25.7. The van der Waals surface area contributed by atoms with Crippen LogP contribution in [-0.2, 0) is 38.0 Å². The van der Waals surface area contributed by atoms with Crippen LogP contribution >= 0.6 is 0 Å². The van der Waals surface area contributed by atoms with Gasteiger partial charge >= 0.3 is 5.97 Å². The number of aliphatic hydroxyl groups is 8. The van der Waals surface area contributed by atoms with Crippen molar-refractivity contribution in [1.29, 1.82) is 0 Å². The van der Waals surface area contributed by atoms with Gasteiger partial charge < -0.3 is 79.7 Å². The molecule has 7 fully saturated rings. The summed E-state index contributed by atoms with van der Waals surface area (Å²) in [6.07, 6.45) is -10.5. The molecule has 0 bridgehead atoms. The fourth-order valence-corrected chi connectivity index (χ4v) is 15.0. The van der Waals surface area contributed by atoms with Gasteiger partial charge in [0, 0.05) is 6.92 Å². The molecule has 18 heteroatoms. The fraction of sp³-hybridized carbons (Fsp3) is 0.917. The van der Waals surface area contributed by atoms with Crippen LogP contribution in [0.5, 0.6) is 0 Å². The summed E-state index contributed by atoms with van der Waals surface area (Å²) in [5.41, 5.74) is -1.25. The van der Waals surface area contributed by atoms with Crippen molar-refractivity contribution in [3.63, 3.8) is 0 Å². The largest absolute Gasteiger partial charge is 0.481 e. The van der Waals surface area contributed by atoms with Crippen LogP contribution in [0.1, 0.15) is 113 Å². The second kappa shape index (κ2) is 17.8. The van der Waals surface area contributed by atoms with Gasteiger partial charge in [0.2, 0.25) is 5.91 Å². The quantitative estimate of drug-likeness (QED) is 0.114. The van der Waals surface area contributed by atoms with Crippen LogP contribution in [-0.4, -0.2) is 170 Å². The number of carboxylic acids is 1. The molecule has 0 aromatic heterocycles. The maximum Gasteiger partial charge on any atom is 0.312 e. The average Bonchev–Trinajstić information content (AvgIpc) is 3.23. The van der Waals surface area contributed by atoms with E-state index in [1.165, 1.54) is 12.5 Å². The highest BCUT2D eigenvalue weighted by molar-refractivity contribution is 5.77. The van der Waals surface area contributed by atoms with Crippen molar-refractivity contribution in [1.82, 2.24) is 5.32 Å². The van der Waals surface area contributed by atoms with E-state index in [2.05, 4.69) is 59.9 Å². The molecule has 66 heavy (non-hydrogen) atoms. The number of carbonyl (C=O) groups is 2. The molecule has 8 aliphatic rings. The van der Waals surface area contributed by atoms with Crippen LogP contribution in [0, 0.1) is 50.2 Å². The van der Waals surface area contributed by atoms with E-state index < -0.39 is 127 Å². The van der Waals surface area contributed by atoms with Gasteiger partial charge in [-0.3, -0.25) is 9.59 Å². The Kier molecular flexibility index (Phi) is 13.6. The van der Waals surface area contributed by atoms with Crippen molar-refractivity contribution >= 4 is 11.9 Å². The summed E-state index contributed by atoms with van der Waals surface area (Å²) in [6.45, 7) is 16.0. The minimum Gasteiger partial charge on any atom is -0.481 e. The lowest BCUT2D eigenvalue weighted by molar-refractivity contribution is -0.352. The topological polar surface area (TPSA) is 284 Å². The first kappa shape index (κ1) is 50.5. The number of rotatable bonds is 9. The monoisotopic (exact) mass is 940 g/mol. The van der Waals surface area contributed by atoms with Crippen molar-refractivity contribution in [2.24, 2.45) is 50.2 Å². The Bertz CT molecular complexity index is 1850. The molecule has 8 rings (SSSR count). The van der Waals surface area contributed by atoms with Crippen LogP contribution in [0.4, 0.5) is 0 Å². The number of hydrogen-bond acceptors (Lipinski definition) is 16. The lowest BCUT2D eigenvalue weighted by atomic mass is 9.33. The van der Waals surface area contributed by atoms with Gasteiger partial charge in [-0.25, -0.2) is 0 Å². The number of nitrogens with one attached hydrogen (secondary N) is 1. The maximum absolute atomic E-state index is 13.2. The van der Waals surface area contributed by atoms with Gasteiger partial charge in [-0.2, -0.15) is 0 Å². The zero-order valence-corrected chi connectivity index (χ0v) is 39.7. The minimum absolute atomic E-state index is 0.0435. The molecule has 0 aromatic rings. The Labute approximate surface area is 387 Å². The number of aliphatic hydroxyl groups excluding tert-OH is 8. The highest BCUT2D eigenvalue weighted by Gasteiger charge is 2.71. The number of carbonyl (C=O) groups excluding carboxylic acids is 1. The molecule has 0 unspecified atom stereocenters. The van der Waals surface area contributed by atoms with Crippen LogP contribution in [0.25, 0.3) is 0 Å². The molecule has 1 amide bonds. The lowest BCUT2D eigenvalue weighted by Crippen LogP contribution is -2.68. The Hall–Kier alpha value is -1.88. The molecule has 3 aliphatic heterocycles. The first-order valence-electron chi connectivity index (χ1n) is 24.2. The number of fused-ring (bicyclic) bond motifs is 7. The molecule has 3 saturated heterocycles. The molecule has 10 N–H and O–H groups in total. The van der Waals surface area contributed by atoms with Crippen LogP contribution in [0.15, 0.2) is 11.6 Å². The summed E-state index contributed by atoms with van der Waals surface area (Å²) in [7, 11) is 0. The normalized spacial score (nSPS) is 52.1. The molecular weight excluding hydrogens is 863 g/mol. The molecule has 0 radical (unpaired) electrons. The van der Waals surface area contributed by atoms with Gasteiger partial charge in [0.15, 0.2) is 18.9 Å². The number of ether oxygens (including phenoxy) is 6. The third kappa shape index (κ3) is 8.02. The molecular formula is C48H77NO17. The molecule has 376 valence electrons. The Morgan fingerprint density at radius 3 is 2.08 bits per heavy atom. The number of allylic oxidation sites excluding steroid dienone is 2. The van der Waals surface area contributed by atoms with Crippen molar-refractivity contribution in [3.8, 4) is 0 Å². The number of aliphatic carboxylic acids is 1. The van der Waals surface area contributed by atoms with E-state index >= 15 is 0 Å². The highest BCUT2D eigenvalue weighted by atomic mass is 16.8. The van der Waals surface area contributed by atoms with E-state index in [9.17, 15) is 55.5 Å². The highest BCUT2D eigenvalue weighted by Crippen LogP contribution is 2.76. The van der Waals surface area contributed by atoms with Gasteiger partial charge in [-0.05, 0) is 103 Å². The molecule has 0 aromatic carbocycles. The summed E-state index contributed by atoms with van der Waals surface area (Å²) in [5, 5.41) is 100. The van der Waals surface area contributed by atoms with Gasteiger partial charge in [0.1, 0.15) is 66.4 Å². The second-order valence-corrected chi connectivity index (χ2v) is 23.5. The van der Waals surface area contributed by atoms with Crippen molar-refractivity contribution in [3.05, 3.63) is 11.6 Å². The smallest absolute Gasteiger partial charge is 0.312 e. The van der Waals surface area contributed by atoms with Crippen LogP contribution in [0.3, 0.4) is 0 Å². The first-order valence-corrected chi connectivity index (χ1v) is 24.2. The van der Waals surface area contributed by atoms with E-state index in [0.717, 1.165) is 38.5 Å². The molecule has 5 aliphatic carbocycles. The molecule has 18 nitrogen and oxygen atoms in total. The van der Waals surface area contributed by atoms with E-state index in [1.807, 2.05) is 0 Å². The standard InChI is InChI=1S/C48H77NO17/c1-22(50)49-32-36(57)35(56)27(21-63-41-38(34(55)26(52)20-62-41)66-40-37(58)33(54)25(51)19-61-40)64-39(32)65-31-12-13-45(6)28(44(31,4)5)11-14-46(7)29(45)10-9-23-24-17-43(2,3)15-16-48(24,42(59)60)30(53)18-47(23,46)8/h9,24-41,51-58H,10-21H2,1-8H3,(H,49,50)(H,59,60)/t24-,25-,26-,27+,28-,29+,30+,31-,32+,33-,34-,35+,36+,37+,38+,39-,40+,41+,45-,46+,47+,48+/m0/s1. The first-order chi connectivity index (χ1) is 30.7. The minimum atomic E-state index is -1.71. The third-order valence-electron chi connectivity index (χ3n) is 19.0. The molecule has 0 spiro atoms. The summed E-state index contributed by atoms with van der Waals surface area (Å²) >= 11 is 0. The summed E-state index contributed by atoms with van der Waals surface area (Å²) < 4.78 is 36.0. The maximum atomic E-state index is 13.2. The van der Waals surface area contributed by atoms with E-state index in [1.54, 1.807) is 0 Å². The Morgan fingerprint density at radius 1 is 0.742 bits per heavy atom. The fourth-order valence-electron chi connectivity index (χ4n) is 15.0. The van der Waals surface area contributed by atoms with E-state index in [-0.39, 0.29) is 47.2 Å². The Morgan fingerprint density at radius 2 is 1.41 bits per heavy atom. The predicted molar refractivity (Wildman–Crippen MR) is 232 cm³/mol. The van der Waals surface area contributed by atoms with E-state index in [4.69, 9.17) is 28.4 Å². The average molecular weight is 940 g/mol. The van der Waals surface area contributed by atoms with Gasteiger partial charge in [-0.1, -0.05) is 60.1 Å². The van der Waals surface area contributed by atoms with Crippen molar-refractivity contribution < 1.29 is 84.0 Å². The predicted octanol–water partition coefficient (Wildman–Crippen LogP) is 1.10. The number of hydrogen-bond donors (Lipinski definition) is 10. The van der Waals surface area contributed by atoms with Gasteiger partial charge in [-0.15, -0.1) is 0 Å². The van der Waals surface area contributed by atoms with Gasteiger partial charge in [0.25, 0.3) is 0 Å². The lowest BCUT2D eigenvalue weighted by Gasteiger charge is -2.71. The molecule has 3 heterocycles. The Balaban J connectivity index is 1.00. The van der Waals surface area contributed by atoms with Crippen LogP contribution in [0.2, 0.25) is 0 Å². The summed E-state index contributed by atoms with van der Waals surface area (Å²) in [5.74, 6) is -1.21. The SMILES string of the molecule is CC(=O)N[C@H]1[C@H](O[C@H]2CC[C@]3(C)[C@H]4CC=C5[C@@H]6CC(C)(C)CC[C@]6(C(=O)O)[C@H](O)C[C@@]5(C)[C@]4(C)CC[C@H]3C2(C)C)O[C@H](CO[C@H]2OC[C@H](O)[C@H](O)[C@H]2O[C@H]2OC[C@H](O)[C@H](O)[C@H]2O)[C@@H](O)[C@@H]1O. The van der Waals surface area contributed by atoms with E-state index in [0.29, 0.717) is 19.3 Å². The van der Waals surface area contributed by atoms with Crippen molar-refractivity contribution in [2.75, 3.05) is 19.8 Å². The number of amides is 1. The van der Waals surface area contributed by atoms with Gasteiger partial charge in [0.05, 0.1) is 32.0 Å². The zero-order valence-electron chi connectivity index (χ0n) is 39.7. The second-order valence-electron chi connectivity index (χ2n) is 23.5. The third-order valence-corrected chi connectivity index (χ3v) is 19.0. The number of carboxylic acid groups (broad SMARTS) is 1. The molecule has 4 saturated carbocycles.